The maximum Gasteiger partial charge on any atom is 0.335 e. The van der Waals surface area contributed by atoms with Crippen LogP contribution < -0.4 is 0 Å². The topological polar surface area (TPSA) is 90.7 Å². The van der Waals surface area contributed by atoms with E-state index < -0.39 is 18.2 Å². The van der Waals surface area contributed by atoms with Crippen molar-refractivity contribution >= 4 is 5.97 Å². The number of aliphatic carboxylic acids is 1. The molecule has 2 atom stereocenters. The normalized spacial score (nSPS) is 14.8. The molecule has 1 aromatic rings. The number of aliphatic hydroxyl groups is 2. The van der Waals surface area contributed by atoms with Crippen LogP contribution in [0, 0.1) is 6.92 Å². The summed E-state index contributed by atoms with van der Waals surface area (Å²) >= 11 is 0. The van der Waals surface area contributed by atoms with E-state index in [9.17, 15) is 9.90 Å². The molecule has 1 rings (SSSR count). The van der Waals surface area contributed by atoms with Gasteiger partial charge in [-0.3, -0.25) is 4.98 Å². The Morgan fingerprint density at radius 3 is 2.64 bits per heavy atom. The Labute approximate surface area is 80.7 Å². The van der Waals surface area contributed by atoms with Crippen LogP contribution in [0.2, 0.25) is 0 Å². The van der Waals surface area contributed by atoms with Crippen molar-refractivity contribution in [2.75, 3.05) is 0 Å². The molecule has 76 valence electrons. The second-order valence-electron chi connectivity index (χ2n) is 2.91. The van der Waals surface area contributed by atoms with Crippen molar-refractivity contribution in [3.8, 4) is 0 Å². The van der Waals surface area contributed by atoms with Crippen molar-refractivity contribution in [2.45, 2.75) is 19.1 Å². The monoisotopic (exact) mass is 197 g/mol. The van der Waals surface area contributed by atoms with Gasteiger partial charge < -0.3 is 15.3 Å². The summed E-state index contributed by atoms with van der Waals surface area (Å²) in [5.74, 6) is -1.46. The SMILES string of the molecule is Cc1ncccc1C(O)C(O)C(=O)O. The average Bonchev–Trinajstić information content (AvgIpc) is 2.16. The van der Waals surface area contributed by atoms with E-state index in [0.717, 1.165) is 0 Å². The lowest BCUT2D eigenvalue weighted by molar-refractivity contribution is -0.153. The number of hydrogen-bond donors (Lipinski definition) is 3. The fraction of sp³-hybridized carbons (Fsp3) is 0.333. The number of aliphatic hydroxyl groups excluding tert-OH is 2. The zero-order valence-electron chi connectivity index (χ0n) is 7.58. The molecule has 14 heavy (non-hydrogen) atoms. The molecule has 5 heteroatoms. The first-order chi connectivity index (χ1) is 6.54. The minimum Gasteiger partial charge on any atom is -0.479 e. The van der Waals surface area contributed by atoms with Gasteiger partial charge in [0.1, 0.15) is 6.10 Å². The standard InChI is InChI=1S/C9H11NO4/c1-5-6(3-2-4-10-5)7(11)8(12)9(13)14/h2-4,7-8,11-12H,1H3,(H,13,14). The van der Waals surface area contributed by atoms with Gasteiger partial charge in [0.2, 0.25) is 0 Å². The third-order valence-corrected chi connectivity index (χ3v) is 1.92. The van der Waals surface area contributed by atoms with Gasteiger partial charge in [0, 0.05) is 17.5 Å². The molecule has 0 aliphatic carbocycles. The third kappa shape index (κ3) is 2.07. The molecule has 0 amide bonds. The number of rotatable bonds is 3. The zero-order valence-corrected chi connectivity index (χ0v) is 7.58. The molecule has 0 fully saturated rings. The molecule has 1 heterocycles. The molecule has 0 aromatic carbocycles. The first kappa shape index (κ1) is 10.6. The molecule has 0 aliphatic heterocycles. The van der Waals surface area contributed by atoms with E-state index in [1.165, 1.54) is 12.3 Å². The van der Waals surface area contributed by atoms with E-state index in [4.69, 9.17) is 10.2 Å². The molecule has 0 bridgehead atoms. The summed E-state index contributed by atoms with van der Waals surface area (Å²) in [4.78, 5) is 14.3. The van der Waals surface area contributed by atoms with Crippen molar-refractivity contribution in [1.29, 1.82) is 0 Å². The Balaban J connectivity index is 2.94. The molecule has 0 saturated carbocycles. The summed E-state index contributed by atoms with van der Waals surface area (Å²) in [6.45, 7) is 1.63. The Morgan fingerprint density at radius 2 is 2.14 bits per heavy atom. The largest absolute Gasteiger partial charge is 0.479 e. The first-order valence-corrected chi connectivity index (χ1v) is 4.04. The molecule has 0 radical (unpaired) electrons. The summed E-state index contributed by atoms with van der Waals surface area (Å²) < 4.78 is 0. The third-order valence-electron chi connectivity index (χ3n) is 1.92. The highest BCUT2D eigenvalue weighted by molar-refractivity contribution is 5.73. The molecule has 0 spiro atoms. The van der Waals surface area contributed by atoms with Gasteiger partial charge in [-0.05, 0) is 13.0 Å². The fourth-order valence-corrected chi connectivity index (χ4v) is 1.11. The number of pyridine rings is 1. The molecule has 1 aromatic heterocycles. The van der Waals surface area contributed by atoms with Gasteiger partial charge in [0.05, 0.1) is 0 Å². The van der Waals surface area contributed by atoms with Crippen molar-refractivity contribution < 1.29 is 20.1 Å². The predicted octanol–water partition coefficient (Wildman–Crippen LogP) is -0.131. The van der Waals surface area contributed by atoms with Crippen LogP contribution in [0.5, 0.6) is 0 Å². The van der Waals surface area contributed by atoms with E-state index >= 15 is 0 Å². The molecule has 2 unspecified atom stereocenters. The van der Waals surface area contributed by atoms with Crippen molar-refractivity contribution in [3.05, 3.63) is 29.6 Å². The fourth-order valence-electron chi connectivity index (χ4n) is 1.11. The highest BCUT2D eigenvalue weighted by Gasteiger charge is 2.26. The van der Waals surface area contributed by atoms with Crippen LogP contribution in [0.3, 0.4) is 0 Å². The molecule has 0 saturated heterocycles. The molecule has 0 aliphatic rings. The summed E-state index contributed by atoms with van der Waals surface area (Å²) in [5, 5.41) is 27.0. The van der Waals surface area contributed by atoms with Crippen molar-refractivity contribution in [1.82, 2.24) is 4.98 Å². The van der Waals surface area contributed by atoms with E-state index in [-0.39, 0.29) is 0 Å². The zero-order chi connectivity index (χ0) is 10.7. The lowest BCUT2D eigenvalue weighted by Gasteiger charge is -2.15. The first-order valence-electron chi connectivity index (χ1n) is 4.04. The number of aromatic nitrogens is 1. The van der Waals surface area contributed by atoms with E-state index in [1.807, 2.05) is 0 Å². The molecule has 5 nitrogen and oxygen atoms in total. The summed E-state index contributed by atoms with van der Waals surface area (Å²) in [6, 6.07) is 3.10. The molecular weight excluding hydrogens is 186 g/mol. The summed E-state index contributed by atoms with van der Waals surface area (Å²) in [5.41, 5.74) is 0.822. The average molecular weight is 197 g/mol. The number of hydrogen-bond acceptors (Lipinski definition) is 4. The van der Waals surface area contributed by atoms with Gasteiger partial charge in [-0.2, -0.15) is 0 Å². The van der Waals surface area contributed by atoms with Crippen LogP contribution in [-0.2, 0) is 4.79 Å². The lowest BCUT2D eigenvalue weighted by atomic mass is 10.0. The highest BCUT2D eigenvalue weighted by Crippen LogP contribution is 2.18. The van der Waals surface area contributed by atoms with Crippen LogP contribution in [-0.4, -0.2) is 32.4 Å². The quantitative estimate of drug-likeness (QED) is 0.627. The van der Waals surface area contributed by atoms with Gasteiger partial charge in [0.15, 0.2) is 6.10 Å². The van der Waals surface area contributed by atoms with Crippen molar-refractivity contribution in [3.63, 3.8) is 0 Å². The van der Waals surface area contributed by atoms with E-state index in [0.29, 0.717) is 11.3 Å². The van der Waals surface area contributed by atoms with Crippen LogP contribution in [0.15, 0.2) is 18.3 Å². The maximum atomic E-state index is 10.4. The second kappa shape index (κ2) is 4.17. The highest BCUT2D eigenvalue weighted by atomic mass is 16.4. The Bertz CT molecular complexity index is 339. The van der Waals surface area contributed by atoms with Crippen molar-refractivity contribution in [2.24, 2.45) is 0 Å². The summed E-state index contributed by atoms with van der Waals surface area (Å²) in [7, 11) is 0. The number of carbonyl (C=O) groups is 1. The number of aryl methyl sites for hydroxylation is 1. The minimum absolute atomic E-state index is 0.322. The van der Waals surface area contributed by atoms with Crippen LogP contribution in [0.25, 0.3) is 0 Å². The second-order valence-corrected chi connectivity index (χ2v) is 2.91. The van der Waals surface area contributed by atoms with Gasteiger partial charge in [0.25, 0.3) is 0 Å². The molecule has 3 N–H and O–H groups in total. The number of nitrogens with zero attached hydrogens (tertiary/aromatic N) is 1. The van der Waals surface area contributed by atoms with Gasteiger partial charge in [-0.1, -0.05) is 6.07 Å². The minimum atomic E-state index is -1.82. The van der Waals surface area contributed by atoms with E-state index in [2.05, 4.69) is 4.98 Å². The Hall–Kier alpha value is -1.46. The maximum absolute atomic E-state index is 10.4. The number of carboxylic acid groups (broad SMARTS) is 1. The predicted molar refractivity (Wildman–Crippen MR) is 47.6 cm³/mol. The van der Waals surface area contributed by atoms with Gasteiger partial charge in [-0.15, -0.1) is 0 Å². The van der Waals surface area contributed by atoms with Gasteiger partial charge in [-0.25, -0.2) is 4.79 Å². The lowest BCUT2D eigenvalue weighted by Crippen LogP contribution is -2.28. The Kier molecular flexibility index (Phi) is 3.16. The van der Waals surface area contributed by atoms with Crippen LogP contribution in [0.4, 0.5) is 0 Å². The number of carboxylic acids is 1. The van der Waals surface area contributed by atoms with Crippen LogP contribution >= 0.6 is 0 Å². The summed E-state index contributed by atoms with van der Waals surface area (Å²) in [6.07, 6.45) is -1.74. The smallest absolute Gasteiger partial charge is 0.335 e. The van der Waals surface area contributed by atoms with E-state index in [1.54, 1.807) is 13.0 Å². The van der Waals surface area contributed by atoms with Crippen LogP contribution in [0.1, 0.15) is 17.4 Å². The Morgan fingerprint density at radius 1 is 1.50 bits per heavy atom. The molecular formula is C9H11NO4. The van der Waals surface area contributed by atoms with Gasteiger partial charge >= 0.3 is 5.97 Å².